The normalized spacial score (nSPS) is 18.5. The summed E-state index contributed by atoms with van der Waals surface area (Å²) in [7, 11) is 4.63. The summed E-state index contributed by atoms with van der Waals surface area (Å²) in [6.45, 7) is 4.84. The molecule has 1 unspecified atom stereocenters. The zero-order chi connectivity index (χ0) is 25.1. The summed E-state index contributed by atoms with van der Waals surface area (Å²) in [5, 5.41) is 3.19. The van der Waals surface area contributed by atoms with Crippen molar-refractivity contribution < 1.29 is 14.0 Å². The van der Waals surface area contributed by atoms with Gasteiger partial charge in [-0.1, -0.05) is 60.2 Å². The summed E-state index contributed by atoms with van der Waals surface area (Å²) in [5.41, 5.74) is 8.61. The van der Waals surface area contributed by atoms with E-state index in [2.05, 4.69) is 93.1 Å². The summed E-state index contributed by atoms with van der Waals surface area (Å²) in [4.78, 5) is 13.2. The molecule has 3 aromatic rings. The summed E-state index contributed by atoms with van der Waals surface area (Å²) in [6, 6.07) is 24.5. The minimum atomic E-state index is 0.00886. The van der Waals surface area contributed by atoms with Crippen LogP contribution in [0.2, 0.25) is 0 Å². The Bertz CT molecular complexity index is 1190. The number of nitrogens with zero attached hydrogens (tertiary/aromatic N) is 1. The molecule has 1 fully saturated rings. The zero-order valence-corrected chi connectivity index (χ0v) is 21.9. The number of hydrogen-bond donors (Lipinski definition) is 1. The quantitative estimate of drug-likeness (QED) is 0.426. The van der Waals surface area contributed by atoms with E-state index >= 15 is 0 Å². The van der Waals surface area contributed by atoms with Gasteiger partial charge in [-0.15, -0.1) is 0 Å². The van der Waals surface area contributed by atoms with Crippen molar-refractivity contribution in [2.75, 3.05) is 32.6 Å². The fourth-order valence-corrected chi connectivity index (χ4v) is 5.83. The lowest BCUT2D eigenvalue weighted by molar-refractivity contribution is -0.929. The SMILES string of the molecule is Cc1ccc(-c2ccc3c(c2)CC(C(=O)Nc2ccc(C[N+](C)(C)C4CCOCC4)cc2)CC3)cc1. The lowest BCUT2D eigenvalue weighted by Gasteiger charge is -2.40. The van der Waals surface area contributed by atoms with Crippen LogP contribution in [0.4, 0.5) is 5.69 Å². The molecule has 0 aromatic heterocycles. The number of quaternary nitrogens is 1. The number of carbonyl (C=O) groups is 1. The van der Waals surface area contributed by atoms with Crippen molar-refractivity contribution in [2.45, 2.75) is 51.6 Å². The van der Waals surface area contributed by atoms with Crippen LogP contribution in [0.5, 0.6) is 0 Å². The van der Waals surface area contributed by atoms with E-state index in [0.717, 1.165) is 62.0 Å². The second-order valence-electron chi connectivity index (χ2n) is 11.3. The van der Waals surface area contributed by atoms with Crippen molar-refractivity contribution in [1.29, 1.82) is 0 Å². The van der Waals surface area contributed by atoms with Gasteiger partial charge >= 0.3 is 0 Å². The highest BCUT2D eigenvalue weighted by Gasteiger charge is 2.30. The highest BCUT2D eigenvalue weighted by atomic mass is 16.5. The van der Waals surface area contributed by atoms with Gasteiger partial charge in [0.05, 0.1) is 33.4 Å². The van der Waals surface area contributed by atoms with E-state index < -0.39 is 0 Å². The minimum Gasteiger partial charge on any atom is -0.381 e. The van der Waals surface area contributed by atoms with Gasteiger partial charge in [-0.2, -0.15) is 0 Å². The van der Waals surface area contributed by atoms with Crippen LogP contribution in [-0.2, 0) is 28.9 Å². The van der Waals surface area contributed by atoms with Crippen molar-refractivity contribution in [3.63, 3.8) is 0 Å². The predicted octanol–water partition coefficient (Wildman–Crippen LogP) is 6.16. The van der Waals surface area contributed by atoms with E-state index in [1.54, 1.807) is 0 Å². The topological polar surface area (TPSA) is 38.3 Å². The molecule has 4 nitrogen and oxygen atoms in total. The van der Waals surface area contributed by atoms with E-state index in [1.165, 1.54) is 33.4 Å². The number of fused-ring (bicyclic) bond motifs is 1. The van der Waals surface area contributed by atoms with Crippen molar-refractivity contribution in [3.8, 4) is 11.1 Å². The number of ether oxygens (including phenoxy) is 1. The van der Waals surface area contributed by atoms with Crippen LogP contribution < -0.4 is 5.32 Å². The fourth-order valence-electron chi connectivity index (χ4n) is 5.83. The van der Waals surface area contributed by atoms with Crippen LogP contribution in [0.25, 0.3) is 11.1 Å². The number of carbonyl (C=O) groups excluding carboxylic acids is 1. The van der Waals surface area contributed by atoms with Crippen LogP contribution in [0.3, 0.4) is 0 Å². The van der Waals surface area contributed by atoms with Crippen LogP contribution in [-0.4, -0.2) is 43.7 Å². The average molecular weight is 484 g/mol. The zero-order valence-electron chi connectivity index (χ0n) is 21.9. The number of amides is 1. The number of anilines is 1. The highest BCUT2D eigenvalue weighted by Crippen LogP contribution is 2.31. The van der Waals surface area contributed by atoms with Crippen molar-refractivity contribution in [2.24, 2.45) is 5.92 Å². The van der Waals surface area contributed by atoms with Crippen LogP contribution in [0, 0.1) is 12.8 Å². The molecule has 2 aliphatic rings. The number of aryl methyl sites for hydroxylation is 2. The number of benzene rings is 3. The van der Waals surface area contributed by atoms with Gasteiger partial charge in [0.1, 0.15) is 6.54 Å². The number of rotatable bonds is 6. The Morgan fingerprint density at radius 1 is 0.889 bits per heavy atom. The molecule has 36 heavy (non-hydrogen) atoms. The molecule has 0 saturated carbocycles. The summed E-state index contributed by atoms with van der Waals surface area (Å²) in [6.07, 6.45) is 4.91. The van der Waals surface area contributed by atoms with E-state index in [0.29, 0.717) is 6.04 Å². The third-order valence-electron chi connectivity index (χ3n) is 8.18. The molecule has 0 bridgehead atoms. The second-order valence-corrected chi connectivity index (χ2v) is 11.3. The average Bonchev–Trinajstić information content (AvgIpc) is 2.90. The first-order valence-corrected chi connectivity index (χ1v) is 13.4. The molecule has 188 valence electrons. The molecule has 0 spiro atoms. The van der Waals surface area contributed by atoms with E-state index in [-0.39, 0.29) is 11.8 Å². The maximum atomic E-state index is 13.2. The maximum Gasteiger partial charge on any atom is 0.227 e. The van der Waals surface area contributed by atoms with Gasteiger partial charge in [0.25, 0.3) is 0 Å². The van der Waals surface area contributed by atoms with Crippen LogP contribution >= 0.6 is 0 Å². The van der Waals surface area contributed by atoms with Crippen molar-refractivity contribution >= 4 is 11.6 Å². The Hall–Kier alpha value is -2.95. The van der Waals surface area contributed by atoms with E-state index in [1.807, 2.05) is 0 Å². The molecule has 4 heteroatoms. The monoisotopic (exact) mass is 483 g/mol. The molecule has 1 amide bonds. The maximum absolute atomic E-state index is 13.2. The Balaban J connectivity index is 1.20. The summed E-state index contributed by atoms with van der Waals surface area (Å²) in [5.74, 6) is 0.141. The van der Waals surface area contributed by atoms with Gasteiger partial charge in [0.2, 0.25) is 5.91 Å². The first-order chi connectivity index (χ1) is 17.4. The third kappa shape index (κ3) is 5.71. The molecular formula is C32H39N2O2+. The lowest BCUT2D eigenvalue weighted by Crippen LogP contribution is -2.50. The van der Waals surface area contributed by atoms with Gasteiger partial charge in [-0.05, 0) is 60.6 Å². The Kier molecular flexibility index (Phi) is 7.27. The predicted molar refractivity (Wildman–Crippen MR) is 147 cm³/mol. The molecule has 3 aromatic carbocycles. The van der Waals surface area contributed by atoms with E-state index in [9.17, 15) is 4.79 Å². The minimum absolute atomic E-state index is 0.00886. The standard InChI is InChI=1S/C32H38N2O2/c1-23-4-8-25(9-5-23)27-12-10-26-11-13-28(21-29(26)20-27)32(35)33-30-14-6-24(7-15-30)22-34(2,3)31-16-18-36-19-17-31/h4-10,12,14-15,20,28,31H,11,13,16-19,21-22H2,1-3H3/p+1. The highest BCUT2D eigenvalue weighted by molar-refractivity contribution is 5.93. The fraction of sp³-hybridized carbons (Fsp3) is 0.406. The number of nitrogens with one attached hydrogen (secondary N) is 1. The van der Waals surface area contributed by atoms with Gasteiger partial charge < -0.3 is 14.5 Å². The van der Waals surface area contributed by atoms with Crippen LogP contribution in [0.15, 0.2) is 66.7 Å². The molecule has 1 heterocycles. The van der Waals surface area contributed by atoms with Gasteiger partial charge in [-0.3, -0.25) is 4.79 Å². The molecule has 1 aliphatic carbocycles. The summed E-state index contributed by atoms with van der Waals surface area (Å²) >= 11 is 0. The third-order valence-corrected chi connectivity index (χ3v) is 8.18. The van der Waals surface area contributed by atoms with Gasteiger partial charge in [0.15, 0.2) is 0 Å². The lowest BCUT2D eigenvalue weighted by atomic mass is 9.82. The largest absolute Gasteiger partial charge is 0.381 e. The smallest absolute Gasteiger partial charge is 0.227 e. The second kappa shape index (κ2) is 10.6. The van der Waals surface area contributed by atoms with Crippen molar-refractivity contribution in [3.05, 3.63) is 89.0 Å². The van der Waals surface area contributed by atoms with Gasteiger partial charge in [0, 0.05) is 30.0 Å². The van der Waals surface area contributed by atoms with E-state index in [4.69, 9.17) is 4.74 Å². The summed E-state index contributed by atoms with van der Waals surface area (Å²) < 4.78 is 6.52. The first-order valence-electron chi connectivity index (χ1n) is 13.4. The molecule has 0 radical (unpaired) electrons. The van der Waals surface area contributed by atoms with Crippen molar-refractivity contribution in [1.82, 2.24) is 0 Å². The Labute approximate surface area is 215 Å². The van der Waals surface area contributed by atoms with Gasteiger partial charge in [-0.25, -0.2) is 0 Å². The Morgan fingerprint density at radius 3 is 2.31 bits per heavy atom. The molecule has 1 atom stereocenters. The molecule has 1 saturated heterocycles. The molecule has 1 N–H and O–H groups in total. The molecule has 5 rings (SSSR count). The Morgan fingerprint density at radius 2 is 1.58 bits per heavy atom. The molecular weight excluding hydrogens is 444 g/mol. The number of hydrogen-bond acceptors (Lipinski definition) is 2. The molecule has 1 aliphatic heterocycles. The first kappa shape index (κ1) is 24.7. The van der Waals surface area contributed by atoms with Crippen LogP contribution in [0.1, 0.15) is 41.5 Å².